The van der Waals surface area contributed by atoms with Crippen molar-refractivity contribution >= 4 is 23.2 Å². The zero-order valence-electron chi connectivity index (χ0n) is 12.1. The summed E-state index contributed by atoms with van der Waals surface area (Å²) in [7, 11) is 0. The van der Waals surface area contributed by atoms with E-state index in [-0.39, 0.29) is 17.5 Å². The third-order valence-corrected chi connectivity index (χ3v) is 4.55. The Balaban J connectivity index is 1.82. The number of carbonyl (C=O) groups excluding carboxylic acids is 2. The van der Waals surface area contributed by atoms with Gasteiger partial charge in [0.25, 0.3) is 5.69 Å². The van der Waals surface area contributed by atoms with Crippen molar-refractivity contribution in [2.75, 3.05) is 18.0 Å². The number of anilines is 1. The molecule has 2 saturated heterocycles. The van der Waals surface area contributed by atoms with E-state index in [4.69, 9.17) is 0 Å². The number of nitrogens with one attached hydrogen (secondary N) is 1. The molecule has 2 heterocycles. The van der Waals surface area contributed by atoms with Gasteiger partial charge >= 0.3 is 0 Å². The highest BCUT2D eigenvalue weighted by Gasteiger charge is 2.46. The van der Waals surface area contributed by atoms with Crippen LogP contribution in [0.2, 0.25) is 0 Å². The van der Waals surface area contributed by atoms with Crippen LogP contribution >= 0.6 is 0 Å². The van der Waals surface area contributed by atoms with Crippen molar-refractivity contribution in [1.29, 1.82) is 0 Å². The summed E-state index contributed by atoms with van der Waals surface area (Å²) in [5.74, 6) is -0.418. The molecule has 0 saturated carbocycles. The fraction of sp³-hybridized carbons (Fsp3) is 0.467. The van der Waals surface area contributed by atoms with Crippen LogP contribution in [0.3, 0.4) is 0 Å². The number of nitrogens with zero attached hydrogens (tertiary/aromatic N) is 2. The molecule has 7 heteroatoms. The van der Waals surface area contributed by atoms with Crippen molar-refractivity contribution < 1.29 is 14.5 Å². The third kappa shape index (κ3) is 2.54. The predicted octanol–water partition coefficient (Wildman–Crippen LogP) is 1.62. The lowest BCUT2D eigenvalue weighted by Gasteiger charge is -2.26. The Morgan fingerprint density at radius 2 is 2.09 bits per heavy atom. The van der Waals surface area contributed by atoms with Gasteiger partial charge in [-0.15, -0.1) is 0 Å². The first-order valence-electron chi connectivity index (χ1n) is 7.34. The van der Waals surface area contributed by atoms with Crippen molar-refractivity contribution in [3.05, 3.63) is 34.4 Å². The lowest BCUT2D eigenvalue weighted by atomic mass is 9.82. The molecule has 1 atom stereocenters. The molecule has 22 heavy (non-hydrogen) atoms. The van der Waals surface area contributed by atoms with Gasteiger partial charge in [-0.05, 0) is 25.3 Å². The number of carbonyl (C=O) groups is 2. The maximum Gasteiger partial charge on any atom is 0.271 e. The summed E-state index contributed by atoms with van der Waals surface area (Å²) >= 11 is 0. The molecule has 2 aliphatic rings. The Kier molecular flexibility index (Phi) is 3.56. The molecule has 2 fully saturated rings. The first-order chi connectivity index (χ1) is 10.5. The number of imide groups is 1. The second-order valence-corrected chi connectivity index (χ2v) is 5.96. The van der Waals surface area contributed by atoms with Crippen LogP contribution in [0.4, 0.5) is 11.4 Å². The summed E-state index contributed by atoms with van der Waals surface area (Å²) < 4.78 is 0. The molecule has 7 nitrogen and oxygen atoms in total. The normalized spacial score (nSPS) is 25.2. The number of hydrogen-bond acceptors (Lipinski definition) is 5. The molecule has 3 rings (SSSR count). The maximum atomic E-state index is 12.3. The van der Waals surface area contributed by atoms with Crippen molar-refractivity contribution in [3.8, 4) is 0 Å². The van der Waals surface area contributed by atoms with Crippen LogP contribution in [-0.4, -0.2) is 29.8 Å². The van der Waals surface area contributed by atoms with E-state index in [9.17, 15) is 19.7 Å². The number of benzene rings is 1. The summed E-state index contributed by atoms with van der Waals surface area (Å²) in [5.41, 5.74) is 0.227. The van der Waals surface area contributed by atoms with Gasteiger partial charge in [0.05, 0.1) is 10.3 Å². The van der Waals surface area contributed by atoms with Crippen molar-refractivity contribution in [3.63, 3.8) is 0 Å². The molecule has 116 valence electrons. The Morgan fingerprint density at radius 3 is 2.86 bits per heavy atom. The minimum absolute atomic E-state index is 0.0407. The van der Waals surface area contributed by atoms with Gasteiger partial charge in [0, 0.05) is 37.3 Å². The number of nitro benzene ring substituents is 1. The van der Waals surface area contributed by atoms with Crippen LogP contribution < -0.4 is 10.2 Å². The SMILES string of the molecule is O=C1CCCC2(CCN(c3cccc([N+](=O)[O-])c3)C2)C(=O)N1. The Morgan fingerprint density at radius 1 is 1.27 bits per heavy atom. The number of hydrogen-bond donors (Lipinski definition) is 1. The summed E-state index contributed by atoms with van der Waals surface area (Å²) in [6.07, 6.45) is 2.41. The van der Waals surface area contributed by atoms with Crippen LogP contribution in [0.15, 0.2) is 24.3 Å². The van der Waals surface area contributed by atoms with Gasteiger partial charge in [-0.3, -0.25) is 25.0 Å². The van der Waals surface area contributed by atoms with E-state index < -0.39 is 10.3 Å². The molecular formula is C15H17N3O4. The molecule has 1 spiro atoms. The number of nitro groups is 1. The molecule has 1 aromatic rings. The minimum atomic E-state index is -0.559. The first-order valence-corrected chi connectivity index (χ1v) is 7.34. The van der Waals surface area contributed by atoms with Crippen LogP contribution in [0.1, 0.15) is 25.7 Å². The summed E-state index contributed by atoms with van der Waals surface area (Å²) in [4.78, 5) is 36.3. The predicted molar refractivity (Wildman–Crippen MR) is 79.4 cm³/mol. The smallest absolute Gasteiger partial charge is 0.271 e. The van der Waals surface area contributed by atoms with E-state index in [1.165, 1.54) is 12.1 Å². The second-order valence-electron chi connectivity index (χ2n) is 5.96. The largest absolute Gasteiger partial charge is 0.370 e. The molecule has 2 amide bonds. The highest BCUT2D eigenvalue weighted by atomic mass is 16.6. The molecular weight excluding hydrogens is 286 g/mol. The summed E-state index contributed by atoms with van der Waals surface area (Å²) in [6, 6.07) is 6.44. The molecule has 1 unspecified atom stereocenters. The van der Waals surface area contributed by atoms with Gasteiger partial charge in [0.15, 0.2) is 0 Å². The molecule has 2 aliphatic heterocycles. The summed E-state index contributed by atoms with van der Waals surface area (Å²) in [5, 5.41) is 13.3. The fourth-order valence-corrected chi connectivity index (χ4v) is 3.31. The van der Waals surface area contributed by atoms with E-state index in [1.807, 2.05) is 11.0 Å². The zero-order valence-corrected chi connectivity index (χ0v) is 12.1. The lowest BCUT2D eigenvalue weighted by molar-refractivity contribution is -0.384. The number of non-ortho nitro benzene ring substituents is 1. The van der Waals surface area contributed by atoms with Crippen molar-refractivity contribution in [2.45, 2.75) is 25.7 Å². The van der Waals surface area contributed by atoms with Crippen LogP contribution in [0, 0.1) is 15.5 Å². The average molecular weight is 303 g/mol. The van der Waals surface area contributed by atoms with Gasteiger partial charge in [-0.2, -0.15) is 0 Å². The highest BCUT2D eigenvalue weighted by Crippen LogP contribution is 2.39. The monoisotopic (exact) mass is 303 g/mol. The van der Waals surface area contributed by atoms with Crippen molar-refractivity contribution in [1.82, 2.24) is 5.32 Å². The molecule has 0 aliphatic carbocycles. The first kappa shape index (κ1) is 14.5. The quantitative estimate of drug-likeness (QED) is 0.509. The van der Waals surface area contributed by atoms with Gasteiger partial charge in [-0.1, -0.05) is 6.07 Å². The lowest BCUT2D eigenvalue weighted by Crippen LogP contribution is -2.43. The molecule has 0 bridgehead atoms. The van der Waals surface area contributed by atoms with E-state index in [0.717, 1.165) is 5.69 Å². The average Bonchev–Trinajstić information content (AvgIpc) is 2.87. The van der Waals surface area contributed by atoms with E-state index in [1.54, 1.807) is 6.07 Å². The number of rotatable bonds is 2. The second kappa shape index (κ2) is 5.40. The van der Waals surface area contributed by atoms with Crippen LogP contribution in [0.5, 0.6) is 0 Å². The Bertz CT molecular complexity index is 645. The third-order valence-electron chi connectivity index (χ3n) is 4.55. The van der Waals surface area contributed by atoms with Crippen LogP contribution in [-0.2, 0) is 9.59 Å². The Hall–Kier alpha value is -2.44. The minimum Gasteiger partial charge on any atom is -0.370 e. The summed E-state index contributed by atoms with van der Waals surface area (Å²) in [6.45, 7) is 1.15. The van der Waals surface area contributed by atoms with Gasteiger partial charge in [-0.25, -0.2) is 0 Å². The molecule has 0 radical (unpaired) electrons. The molecule has 0 aromatic heterocycles. The van der Waals surface area contributed by atoms with Gasteiger partial charge < -0.3 is 4.90 Å². The molecule has 1 N–H and O–H groups in total. The fourth-order valence-electron chi connectivity index (χ4n) is 3.31. The van der Waals surface area contributed by atoms with Crippen LogP contribution in [0.25, 0.3) is 0 Å². The standard InChI is InChI=1S/C15H17N3O4/c19-13-5-2-6-15(14(20)16-13)7-8-17(10-15)11-3-1-4-12(9-11)18(21)22/h1,3-4,9H,2,5-8,10H2,(H,16,19,20). The van der Waals surface area contributed by atoms with E-state index in [0.29, 0.717) is 38.8 Å². The molecule has 1 aromatic carbocycles. The number of amides is 2. The van der Waals surface area contributed by atoms with Gasteiger partial charge in [0.1, 0.15) is 0 Å². The zero-order chi connectivity index (χ0) is 15.7. The van der Waals surface area contributed by atoms with E-state index in [2.05, 4.69) is 5.32 Å². The Labute approximate surface area is 127 Å². The topological polar surface area (TPSA) is 92.6 Å². The maximum absolute atomic E-state index is 12.3. The highest BCUT2D eigenvalue weighted by molar-refractivity contribution is 5.99. The van der Waals surface area contributed by atoms with E-state index >= 15 is 0 Å². The van der Waals surface area contributed by atoms with Gasteiger partial charge in [0.2, 0.25) is 11.8 Å². The van der Waals surface area contributed by atoms with Crippen molar-refractivity contribution in [2.24, 2.45) is 5.41 Å².